The van der Waals surface area contributed by atoms with Crippen LogP contribution in [0.3, 0.4) is 0 Å². The lowest BCUT2D eigenvalue weighted by molar-refractivity contribution is 0.452. The first-order valence-electron chi connectivity index (χ1n) is 6.01. The van der Waals surface area contributed by atoms with Gasteiger partial charge in [-0.05, 0) is 28.1 Å². The zero-order chi connectivity index (χ0) is 15.6. The minimum Gasteiger partial charge on any atom is -0.444 e. The summed E-state index contributed by atoms with van der Waals surface area (Å²) in [5.41, 5.74) is 5.94. The van der Waals surface area contributed by atoms with Gasteiger partial charge in [0.1, 0.15) is 5.76 Å². The fraction of sp³-hybridized carbons (Fsp3) is 0.250. The second-order valence-electron chi connectivity index (χ2n) is 4.21. The molecule has 0 amide bonds. The molecule has 1 aromatic carbocycles. The van der Waals surface area contributed by atoms with Crippen molar-refractivity contribution < 1.29 is 12.8 Å². The number of nitrogens with two attached hydrogens (primary N) is 1. The summed E-state index contributed by atoms with van der Waals surface area (Å²) in [5, 5.41) is 0.237. The number of aryl methyl sites for hydroxylation is 1. The highest BCUT2D eigenvalue weighted by Crippen LogP contribution is 2.31. The molecule has 114 valence electrons. The van der Waals surface area contributed by atoms with Crippen LogP contribution < -0.4 is 10.5 Å². The van der Waals surface area contributed by atoms with Crippen LogP contribution in [0, 0.1) is 0 Å². The molecule has 0 fully saturated rings. The Kier molecular flexibility index (Phi) is 4.92. The van der Waals surface area contributed by atoms with Crippen LogP contribution in [0.25, 0.3) is 0 Å². The molecule has 0 unspecified atom stereocenters. The maximum Gasteiger partial charge on any atom is 0.242 e. The number of nitrogens with zero attached hydrogens (tertiary/aromatic N) is 1. The van der Waals surface area contributed by atoms with Gasteiger partial charge < -0.3 is 10.2 Å². The third-order valence-corrected chi connectivity index (χ3v) is 5.48. The Bertz CT molecular complexity index is 761. The van der Waals surface area contributed by atoms with Crippen LogP contribution in [-0.2, 0) is 23.0 Å². The van der Waals surface area contributed by atoms with Gasteiger partial charge in [-0.25, -0.2) is 18.1 Å². The molecule has 0 bridgehead atoms. The maximum atomic E-state index is 12.3. The zero-order valence-corrected chi connectivity index (χ0v) is 14.2. The number of anilines is 1. The Morgan fingerprint density at radius 1 is 1.48 bits per heavy atom. The Morgan fingerprint density at radius 3 is 2.81 bits per heavy atom. The number of aromatic nitrogens is 1. The van der Waals surface area contributed by atoms with Gasteiger partial charge in [0.25, 0.3) is 0 Å². The van der Waals surface area contributed by atoms with E-state index in [2.05, 4.69) is 25.6 Å². The molecule has 0 spiro atoms. The summed E-state index contributed by atoms with van der Waals surface area (Å²) in [7, 11) is -3.79. The van der Waals surface area contributed by atoms with Crippen LogP contribution >= 0.6 is 27.5 Å². The second-order valence-corrected chi connectivity index (χ2v) is 7.17. The molecule has 0 atom stereocenters. The maximum absolute atomic E-state index is 12.3. The number of nitrogen functional groups attached to an aromatic ring is 1. The summed E-state index contributed by atoms with van der Waals surface area (Å²) >= 11 is 8.99. The zero-order valence-electron chi connectivity index (χ0n) is 11.1. The summed E-state index contributed by atoms with van der Waals surface area (Å²) in [4.78, 5) is 3.95. The van der Waals surface area contributed by atoms with Gasteiger partial charge in [-0.1, -0.05) is 18.5 Å². The van der Waals surface area contributed by atoms with Crippen LogP contribution in [0.4, 0.5) is 5.69 Å². The van der Waals surface area contributed by atoms with Gasteiger partial charge >= 0.3 is 0 Å². The molecule has 9 heteroatoms. The first-order valence-corrected chi connectivity index (χ1v) is 8.66. The number of sulfonamides is 1. The predicted octanol–water partition coefficient (Wildman–Crippen LogP) is 2.71. The Labute approximate surface area is 135 Å². The van der Waals surface area contributed by atoms with E-state index in [1.807, 2.05) is 6.92 Å². The van der Waals surface area contributed by atoms with E-state index in [0.29, 0.717) is 18.1 Å². The first-order chi connectivity index (χ1) is 9.83. The number of hydrogen-bond donors (Lipinski definition) is 2. The number of nitrogens with one attached hydrogen (secondary N) is 1. The van der Waals surface area contributed by atoms with E-state index in [0.717, 1.165) is 0 Å². The molecule has 2 rings (SSSR count). The molecule has 0 radical (unpaired) electrons. The topological polar surface area (TPSA) is 98.2 Å². The minimum absolute atomic E-state index is 0.0326. The molecule has 0 saturated heterocycles. The van der Waals surface area contributed by atoms with Crippen molar-refractivity contribution in [3.05, 3.63) is 39.5 Å². The summed E-state index contributed by atoms with van der Waals surface area (Å²) < 4.78 is 32.6. The lowest BCUT2D eigenvalue weighted by Gasteiger charge is -2.09. The van der Waals surface area contributed by atoms with E-state index in [9.17, 15) is 8.42 Å². The lowest BCUT2D eigenvalue weighted by atomic mass is 10.3. The van der Waals surface area contributed by atoms with E-state index in [4.69, 9.17) is 21.8 Å². The summed E-state index contributed by atoms with van der Waals surface area (Å²) in [6.07, 6.45) is 2.26. The highest BCUT2D eigenvalue weighted by atomic mass is 79.9. The van der Waals surface area contributed by atoms with Crippen molar-refractivity contribution in [3.8, 4) is 0 Å². The third-order valence-electron chi connectivity index (χ3n) is 2.68. The third kappa shape index (κ3) is 3.76. The Morgan fingerprint density at radius 2 is 2.19 bits per heavy atom. The van der Waals surface area contributed by atoms with Crippen LogP contribution in [0.15, 0.2) is 32.1 Å². The molecule has 6 nitrogen and oxygen atoms in total. The standard InChI is InChI=1S/C12H13BrClN3O3S/c1-2-8-5-16-11(20-8)6-17-21(18,19)10-4-7(14)3-9(15)12(10)13/h3-5,17H,2,6,15H2,1H3. The summed E-state index contributed by atoms with van der Waals surface area (Å²) in [6, 6.07) is 2.78. The number of benzene rings is 1. The van der Waals surface area contributed by atoms with Crippen molar-refractivity contribution in [3.63, 3.8) is 0 Å². The summed E-state index contributed by atoms with van der Waals surface area (Å²) in [5.74, 6) is 0.985. The highest BCUT2D eigenvalue weighted by Gasteiger charge is 2.20. The average molecular weight is 395 g/mol. The van der Waals surface area contributed by atoms with Gasteiger partial charge in [0.2, 0.25) is 15.9 Å². The fourth-order valence-corrected chi connectivity index (χ4v) is 3.87. The van der Waals surface area contributed by atoms with Crippen molar-refractivity contribution in [2.45, 2.75) is 24.8 Å². The molecule has 1 aromatic heterocycles. The van der Waals surface area contributed by atoms with E-state index in [1.165, 1.54) is 12.1 Å². The van der Waals surface area contributed by atoms with Crippen molar-refractivity contribution in [1.82, 2.24) is 9.71 Å². The molecule has 1 heterocycles. The van der Waals surface area contributed by atoms with Gasteiger partial charge in [0.15, 0.2) is 0 Å². The molecule has 0 aliphatic carbocycles. The Balaban J connectivity index is 2.22. The average Bonchev–Trinajstić information content (AvgIpc) is 2.88. The van der Waals surface area contributed by atoms with Crippen molar-refractivity contribution in [1.29, 1.82) is 0 Å². The fourth-order valence-electron chi connectivity index (χ4n) is 1.61. The van der Waals surface area contributed by atoms with Crippen LogP contribution in [0.2, 0.25) is 5.02 Å². The molecule has 2 aromatic rings. The van der Waals surface area contributed by atoms with E-state index in [1.54, 1.807) is 6.20 Å². The van der Waals surface area contributed by atoms with Gasteiger partial charge in [0.05, 0.1) is 22.1 Å². The van der Waals surface area contributed by atoms with Gasteiger partial charge in [-0.15, -0.1) is 0 Å². The van der Waals surface area contributed by atoms with E-state index in [-0.39, 0.29) is 26.6 Å². The minimum atomic E-state index is -3.79. The second kappa shape index (κ2) is 6.35. The lowest BCUT2D eigenvalue weighted by Crippen LogP contribution is -2.24. The predicted molar refractivity (Wildman–Crippen MR) is 83.5 cm³/mol. The van der Waals surface area contributed by atoms with Gasteiger partial charge in [0, 0.05) is 17.1 Å². The molecular weight excluding hydrogens is 382 g/mol. The summed E-state index contributed by atoms with van der Waals surface area (Å²) in [6.45, 7) is 1.86. The molecule has 3 N–H and O–H groups in total. The molecule has 0 aliphatic heterocycles. The van der Waals surface area contributed by atoms with E-state index >= 15 is 0 Å². The van der Waals surface area contributed by atoms with Crippen LogP contribution in [0.5, 0.6) is 0 Å². The smallest absolute Gasteiger partial charge is 0.242 e. The normalized spacial score (nSPS) is 11.8. The quantitative estimate of drug-likeness (QED) is 0.760. The van der Waals surface area contributed by atoms with Crippen molar-refractivity contribution in [2.75, 3.05) is 5.73 Å². The monoisotopic (exact) mass is 393 g/mol. The number of rotatable bonds is 5. The van der Waals surface area contributed by atoms with Crippen LogP contribution in [-0.4, -0.2) is 13.4 Å². The van der Waals surface area contributed by atoms with Crippen molar-refractivity contribution in [2.24, 2.45) is 0 Å². The molecule has 0 saturated carbocycles. The molecule has 21 heavy (non-hydrogen) atoms. The Hall–Kier alpha value is -1.09. The molecule has 0 aliphatic rings. The van der Waals surface area contributed by atoms with Gasteiger partial charge in [-0.3, -0.25) is 0 Å². The number of halogens is 2. The largest absolute Gasteiger partial charge is 0.444 e. The number of hydrogen-bond acceptors (Lipinski definition) is 5. The SMILES string of the molecule is CCc1cnc(CNS(=O)(=O)c2cc(Cl)cc(N)c2Br)o1. The van der Waals surface area contributed by atoms with Gasteiger partial charge in [-0.2, -0.15) is 0 Å². The van der Waals surface area contributed by atoms with Crippen molar-refractivity contribution >= 4 is 43.2 Å². The first kappa shape index (κ1) is 16.3. The highest BCUT2D eigenvalue weighted by molar-refractivity contribution is 9.10. The number of oxazole rings is 1. The molecular formula is C12H13BrClN3O3S. The van der Waals surface area contributed by atoms with Crippen LogP contribution in [0.1, 0.15) is 18.6 Å². The van der Waals surface area contributed by atoms with E-state index < -0.39 is 10.0 Å².